The summed E-state index contributed by atoms with van der Waals surface area (Å²) in [5.41, 5.74) is 4.00. The van der Waals surface area contributed by atoms with Gasteiger partial charge in [0.2, 0.25) is 0 Å². The van der Waals surface area contributed by atoms with Crippen molar-refractivity contribution >= 4 is 28.5 Å². The van der Waals surface area contributed by atoms with E-state index in [1.165, 1.54) is 5.56 Å². The van der Waals surface area contributed by atoms with Gasteiger partial charge < -0.3 is 9.88 Å². The lowest BCUT2D eigenvalue weighted by molar-refractivity contribution is 0.0953. The average molecular weight is 418 g/mol. The molecule has 1 unspecified atom stereocenters. The minimum Gasteiger partial charge on any atom is -0.352 e. The Hall–Kier alpha value is -3.11. The highest BCUT2D eigenvalue weighted by atomic mass is 35.5. The molecule has 0 aliphatic heterocycles. The van der Waals surface area contributed by atoms with E-state index in [0.717, 1.165) is 29.7 Å². The van der Waals surface area contributed by atoms with Gasteiger partial charge in [-0.15, -0.1) is 0 Å². The maximum absolute atomic E-state index is 12.3. The quantitative estimate of drug-likeness (QED) is 0.394. The second-order valence-electron chi connectivity index (χ2n) is 7.34. The number of carbonyl (C=O) groups is 1. The van der Waals surface area contributed by atoms with Crippen molar-refractivity contribution < 1.29 is 4.79 Å². The van der Waals surface area contributed by atoms with E-state index >= 15 is 0 Å². The molecule has 4 rings (SSSR count). The molecule has 0 saturated carbocycles. The van der Waals surface area contributed by atoms with Crippen molar-refractivity contribution in [2.75, 3.05) is 6.54 Å². The number of fused-ring (bicyclic) bond motifs is 1. The molecule has 0 radical (unpaired) electrons. The Kier molecular flexibility index (Phi) is 6.15. The molecule has 0 aliphatic carbocycles. The van der Waals surface area contributed by atoms with Crippen LogP contribution in [0.1, 0.15) is 41.1 Å². The molecule has 4 nitrogen and oxygen atoms in total. The number of hydrogen-bond acceptors (Lipinski definition) is 2. The minimum atomic E-state index is -0.0853. The van der Waals surface area contributed by atoms with Gasteiger partial charge in [-0.3, -0.25) is 4.79 Å². The third-order valence-electron chi connectivity index (χ3n) is 5.31. The standard InChI is InChI=1S/C25H24ClN3O/c1-18(19-8-3-2-4-9-19)29-23-11-6-5-10-22(23)28-24(29)12-7-17-27-25(30)20-13-15-21(26)16-14-20/h2-6,8-11,13-16,18H,7,12,17H2,1H3,(H,27,30). The summed E-state index contributed by atoms with van der Waals surface area (Å²) in [5.74, 6) is 0.950. The van der Waals surface area contributed by atoms with Crippen molar-refractivity contribution in [3.05, 3.63) is 101 Å². The first kappa shape index (κ1) is 20.2. The Morgan fingerprint density at radius 2 is 1.70 bits per heavy atom. The number of para-hydroxylation sites is 2. The molecule has 30 heavy (non-hydrogen) atoms. The maximum Gasteiger partial charge on any atom is 0.251 e. The number of amides is 1. The molecule has 0 spiro atoms. The molecule has 1 heterocycles. The average Bonchev–Trinajstić information content (AvgIpc) is 3.15. The molecule has 1 N–H and O–H groups in total. The smallest absolute Gasteiger partial charge is 0.251 e. The molecule has 152 valence electrons. The number of aromatic nitrogens is 2. The van der Waals surface area contributed by atoms with Gasteiger partial charge in [0.1, 0.15) is 5.82 Å². The summed E-state index contributed by atoms with van der Waals surface area (Å²) in [4.78, 5) is 17.2. The van der Waals surface area contributed by atoms with Gasteiger partial charge in [-0.25, -0.2) is 4.98 Å². The number of imidazole rings is 1. The summed E-state index contributed by atoms with van der Waals surface area (Å²) in [7, 11) is 0. The fraction of sp³-hybridized carbons (Fsp3) is 0.200. The Morgan fingerprint density at radius 3 is 2.47 bits per heavy atom. The highest BCUT2D eigenvalue weighted by Gasteiger charge is 2.17. The summed E-state index contributed by atoms with van der Waals surface area (Å²) in [6, 6.07) is 25.8. The van der Waals surface area contributed by atoms with Crippen molar-refractivity contribution in [2.45, 2.75) is 25.8 Å². The predicted octanol–water partition coefficient (Wildman–Crippen LogP) is 5.66. The molecule has 0 bridgehead atoms. The third-order valence-corrected chi connectivity index (χ3v) is 5.56. The van der Waals surface area contributed by atoms with Crippen LogP contribution in [-0.2, 0) is 6.42 Å². The summed E-state index contributed by atoms with van der Waals surface area (Å²) in [5, 5.41) is 3.61. The first-order valence-corrected chi connectivity index (χ1v) is 10.6. The topological polar surface area (TPSA) is 46.9 Å². The molecule has 4 aromatic rings. The largest absolute Gasteiger partial charge is 0.352 e. The highest BCUT2D eigenvalue weighted by Crippen LogP contribution is 2.26. The molecule has 1 atom stereocenters. The van der Waals surface area contributed by atoms with Crippen molar-refractivity contribution in [3.8, 4) is 0 Å². The van der Waals surface area contributed by atoms with Gasteiger partial charge in [-0.1, -0.05) is 54.1 Å². The van der Waals surface area contributed by atoms with E-state index in [4.69, 9.17) is 16.6 Å². The molecule has 1 amide bonds. The summed E-state index contributed by atoms with van der Waals surface area (Å²) >= 11 is 5.89. The van der Waals surface area contributed by atoms with E-state index in [2.05, 4.69) is 53.2 Å². The van der Waals surface area contributed by atoms with E-state index in [-0.39, 0.29) is 11.9 Å². The fourth-order valence-corrected chi connectivity index (χ4v) is 3.86. The zero-order valence-electron chi connectivity index (χ0n) is 16.9. The van der Waals surface area contributed by atoms with Crippen molar-refractivity contribution in [1.82, 2.24) is 14.9 Å². The summed E-state index contributed by atoms with van der Waals surface area (Å²) in [6.45, 7) is 2.79. The Balaban J connectivity index is 1.47. The second-order valence-corrected chi connectivity index (χ2v) is 7.78. The normalized spacial score (nSPS) is 12.1. The molecular weight excluding hydrogens is 394 g/mol. The molecular formula is C25H24ClN3O. The minimum absolute atomic E-state index is 0.0853. The maximum atomic E-state index is 12.3. The van der Waals surface area contributed by atoms with Crippen LogP contribution >= 0.6 is 11.6 Å². The number of hydrogen-bond donors (Lipinski definition) is 1. The molecule has 3 aromatic carbocycles. The zero-order valence-corrected chi connectivity index (χ0v) is 17.6. The van der Waals surface area contributed by atoms with Crippen LogP contribution in [0.25, 0.3) is 11.0 Å². The van der Waals surface area contributed by atoms with E-state index in [1.54, 1.807) is 24.3 Å². The van der Waals surface area contributed by atoms with Crippen LogP contribution in [0.4, 0.5) is 0 Å². The van der Waals surface area contributed by atoms with Gasteiger partial charge >= 0.3 is 0 Å². The van der Waals surface area contributed by atoms with Crippen LogP contribution < -0.4 is 5.32 Å². The van der Waals surface area contributed by atoms with Gasteiger partial charge in [0, 0.05) is 23.6 Å². The molecule has 1 aromatic heterocycles. The van der Waals surface area contributed by atoms with Crippen molar-refractivity contribution in [1.29, 1.82) is 0 Å². The second kappa shape index (κ2) is 9.14. The van der Waals surface area contributed by atoms with Gasteiger partial charge in [0.15, 0.2) is 0 Å². The Morgan fingerprint density at radius 1 is 1.00 bits per heavy atom. The van der Waals surface area contributed by atoms with Gasteiger partial charge in [-0.05, 0) is 55.3 Å². The SMILES string of the molecule is CC(c1ccccc1)n1c(CCCNC(=O)c2ccc(Cl)cc2)nc2ccccc21. The number of halogens is 1. The van der Waals surface area contributed by atoms with E-state index in [1.807, 2.05) is 18.2 Å². The predicted molar refractivity (Wildman–Crippen MR) is 122 cm³/mol. The van der Waals surface area contributed by atoms with Gasteiger partial charge in [0.25, 0.3) is 5.91 Å². The number of nitrogens with one attached hydrogen (secondary N) is 1. The van der Waals surface area contributed by atoms with Crippen LogP contribution in [0.5, 0.6) is 0 Å². The summed E-state index contributed by atoms with van der Waals surface area (Å²) in [6.07, 6.45) is 1.59. The van der Waals surface area contributed by atoms with Crippen molar-refractivity contribution in [3.63, 3.8) is 0 Å². The lowest BCUT2D eigenvalue weighted by Gasteiger charge is -2.18. The van der Waals surface area contributed by atoms with Crippen LogP contribution in [0.3, 0.4) is 0 Å². The van der Waals surface area contributed by atoms with Gasteiger partial charge in [0.05, 0.1) is 17.1 Å². The first-order valence-electron chi connectivity index (χ1n) is 10.2. The van der Waals surface area contributed by atoms with Crippen LogP contribution in [-0.4, -0.2) is 22.0 Å². The number of rotatable bonds is 7. The van der Waals surface area contributed by atoms with E-state index < -0.39 is 0 Å². The van der Waals surface area contributed by atoms with E-state index in [9.17, 15) is 4.79 Å². The first-order chi connectivity index (χ1) is 14.6. The monoisotopic (exact) mass is 417 g/mol. The summed E-state index contributed by atoms with van der Waals surface area (Å²) < 4.78 is 2.31. The lowest BCUT2D eigenvalue weighted by Crippen LogP contribution is -2.25. The van der Waals surface area contributed by atoms with Gasteiger partial charge in [-0.2, -0.15) is 0 Å². The molecule has 0 fully saturated rings. The highest BCUT2D eigenvalue weighted by molar-refractivity contribution is 6.30. The zero-order chi connectivity index (χ0) is 20.9. The Bertz CT molecular complexity index is 1140. The van der Waals surface area contributed by atoms with Crippen LogP contribution in [0.2, 0.25) is 5.02 Å². The Labute approximate surface area is 181 Å². The van der Waals surface area contributed by atoms with E-state index in [0.29, 0.717) is 17.1 Å². The molecule has 5 heteroatoms. The molecule has 0 aliphatic rings. The number of carbonyl (C=O) groups excluding carboxylic acids is 1. The van der Waals surface area contributed by atoms with Crippen molar-refractivity contribution in [2.24, 2.45) is 0 Å². The molecule has 0 saturated heterocycles. The lowest BCUT2D eigenvalue weighted by atomic mass is 10.1. The third kappa shape index (κ3) is 4.39. The number of nitrogens with zero attached hydrogens (tertiary/aromatic N) is 2. The van der Waals surface area contributed by atoms with Crippen LogP contribution in [0.15, 0.2) is 78.9 Å². The fourth-order valence-electron chi connectivity index (χ4n) is 3.74. The number of benzene rings is 3. The van der Waals surface area contributed by atoms with Crippen LogP contribution in [0, 0.1) is 0 Å². The number of aryl methyl sites for hydroxylation is 1.